The van der Waals surface area contributed by atoms with Gasteiger partial charge in [0.1, 0.15) is 11.0 Å². The standard InChI is InChI=1S/C54H34N6O2/c1-3-9-41(10-4-1)59(44-27-21-38(22-28-44)52-58-48-14-8-32-56-54(48)62-52)43-25-19-36(20-26-43)40-24-30-50-46(34-40)45-33-39(23-29-49(45)60(50)42-11-5-2-6-12-42)35-15-17-37(18-16-35)51-57-47-13-7-31-55-53(47)61-51/h1-34H. The number of hydrogen-bond acceptors (Lipinski definition) is 7. The van der Waals surface area contributed by atoms with Gasteiger partial charge in [0.2, 0.25) is 23.2 Å². The number of anilines is 3. The largest absolute Gasteiger partial charge is 0.418 e. The average molecular weight is 799 g/mol. The van der Waals surface area contributed by atoms with Crippen LogP contribution in [0.5, 0.6) is 0 Å². The van der Waals surface area contributed by atoms with Crippen molar-refractivity contribution in [1.29, 1.82) is 0 Å². The first-order valence-electron chi connectivity index (χ1n) is 20.4. The molecule has 0 bridgehead atoms. The smallest absolute Gasteiger partial charge is 0.247 e. The number of nitrogens with zero attached hydrogens (tertiary/aromatic N) is 6. The fourth-order valence-electron chi connectivity index (χ4n) is 8.41. The van der Waals surface area contributed by atoms with Gasteiger partial charge in [-0.3, -0.25) is 0 Å². The number of aromatic nitrogens is 5. The molecule has 0 saturated heterocycles. The summed E-state index contributed by atoms with van der Waals surface area (Å²) in [5.74, 6) is 1.11. The minimum Gasteiger partial charge on any atom is -0.418 e. The average Bonchev–Trinajstić information content (AvgIpc) is 4.07. The van der Waals surface area contributed by atoms with Crippen molar-refractivity contribution in [3.63, 3.8) is 0 Å². The molecule has 0 aliphatic carbocycles. The Morgan fingerprint density at radius 1 is 0.371 bits per heavy atom. The first-order valence-corrected chi connectivity index (χ1v) is 20.4. The molecule has 0 unspecified atom stereocenters. The van der Waals surface area contributed by atoms with Crippen LogP contribution in [0.3, 0.4) is 0 Å². The van der Waals surface area contributed by atoms with Gasteiger partial charge in [-0.25, -0.2) is 19.9 Å². The summed E-state index contributed by atoms with van der Waals surface area (Å²) in [5, 5.41) is 2.37. The van der Waals surface area contributed by atoms with Crippen molar-refractivity contribution in [2.75, 3.05) is 4.90 Å². The Hall–Kier alpha value is -8.62. The first kappa shape index (κ1) is 35.3. The number of para-hydroxylation sites is 2. The molecule has 12 aromatic rings. The van der Waals surface area contributed by atoms with E-state index in [4.69, 9.17) is 8.83 Å². The number of pyridine rings is 2. The Balaban J connectivity index is 0.905. The molecule has 12 rings (SSSR count). The molecule has 292 valence electrons. The fraction of sp³-hybridized carbons (Fsp3) is 0. The van der Waals surface area contributed by atoms with E-state index in [-0.39, 0.29) is 0 Å². The first-order chi connectivity index (χ1) is 30.7. The monoisotopic (exact) mass is 798 g/mol. The molecule has 0 saturated carbocycles. The molecule has 0 N–H and O–H groups in total. The predicted molar refractivity (Wildman–Crippen MR) is 248 cm³/mol. The van der Waals surface area contributed by atoms with Gasteiger partial charge in [-0.1, -0.05) is 72.8 Å². The normalized spacial score (nSPS) is 11.5. The van der Waals surface area contributed by atoms with Crippen molar-refractivity contribution >= 4 is 61.3 Å². The maximum absolute atomic E-state index is 5.96. The zero-order valence-electron chi connectivity index (χ0n) is 33.1. The van der Waals surface area contributed by atoms with E-state index >= 15 is 0 Å². The van der Waals surface area contributed by atoms with Crippen molar-refractivity contribution < 1.29 is 8.83 Å². The summed E-state index contributed by atoms with van der Waals surface area (Å²) >= 11 is 0. The van der Waals surface area contributed by atoms with Gasteiger partial charge < -0.3 is 18.3 Å². The van der Waals surface area contributed by atoms with Gasteiger partial charge in [-0.05, 0) is 144 Å². The zero-order chi connectivity index (χ0) is 41.0. The Morgan fingerprint density at radius 2 is 0.790 bits per heavy atom. The lowest BCUT2D eigenvalue weighted by Crippen LogP contribution is -2.09. The van der Waals surface area contributed by atoms with E-state index in [1.165, 1.54) is 10.8 Å². The van der Waals surface area contributed by atoms with Gasteiger partial charge in [0.05, 0.1) is 11.0 Å². The van der Waals surface area contributed by atoms with E-state index in [0.717, 1.165) is 78.2 Å². The molecule has 8 heteroatoms. The van der Waals surface area contributed by atoms with E-state index in [2.05, 4.69) is 181 Å². The molecule has 5 aromatic heterocycles. The third kappa shape index (κ3) is 6.17. The Morgan fingerprint density at radius 3 is 1.29 bits per heavy atom. The molecule has 0 spiro atoms. The summed E-state index contributed by atoms with van der Waals surface area (Å²) in [6.07, 6.45) is 3.43. The Labute approximate surface area is 355 Å². The fourth-order valence-corrected chi connectivity index (χ4v) is 8.41. The highest BCUT2D eigenvalue weighted by Gasteiger charge is 2.18. The van der Waals surface area contributed by atoms with E-state index in [0.29, 0.717) is 23.2 Å². The number of fused-ring (bicyclic) bond motifs is 5. The third-order valence-corrected chi connectivity index (χ3v) is 11.4. The lowest BCUT2D eigenvalue weighted by atomic mass is 9.99. The molecular weight excluding hydrogens is 765 g/mol. The summed E-state index contributed by atoms with van der Waals surface area (Å²) < 4.78 is 14.3. The van der Waals surface area contributed by atoms with Gasteiger partial charge in [-0.15, -0.1) is 0 Å². The van der Waals surface area contributed by atoms with Crippen LogP contribution in [0.1, 0.15) is 0 Å². The molecule has 0 atom stereocenters. The molecule has 0 amide bonds. The molecule has 0 fully saturated rings. The summed E-state index contributed by atoms with van der Waals surface area (Å²) in [6, 6.07) is 67.6. The number of oxazole rings is 2. The van der Waals surface area contributed by atoms with Crippen molar-refractivity contribution in [2.24, 2.45) is 0 Å². The maximum atomic E-state index is 5.96. The van der Waals surface area contributed by atoms with Crippen LogP contribution in [0.25, 0.3) is 95.1 Å². The molecule has 62 heavy (non-hydrogen) atoms. The van der Waals surface area contributed by atoms with Gasteiger partial charge in [0.15, 0.2) is 0 Å². The van der Waals surface area contributed by atoms with Crippen LogP contribution in [0.4, 0.5) is 17.1 Å². The van der Waals surface area contributed by atoms with Gasteiger partial charge in [0.25, 0.3) is 0 Å². The lowest BCUT2D eigenvalue weighted by molar-refractivity contribution is 0.607. The van der Waals surface area contributed by atoms with Crippen LogP contribution >= 0.6 is 0 Å². The van der Waals surface area contributed by atoms with Gasteiger partial charge >= 0.3 is 0 Å². The molecule has 5 heterocycles. The minimum absolute atomic E-state index is 0.529. The second-order valence-electron chi connectivity index (χ2n) is 15.2. The molecule has 0 radical (unpaired) electrons. The lowest BCUT2D eigenvalue weighted by Gasteiger charge is -2.25. The van der Waals surface area contributed by atoms with Crippen LogP contribution in [0.2, 0.25) is 0 Å². The van der Waals surface area contributed by atoms with Gasteiger partial charge in [-0.2, -0.15) is 0 Å². The second kappa shape index (κ2) is 14.6. The SMILES string of the molecule is c1ccc(N(c2ccc(-c3ccc4c(c3)c3cc(-c5ccc(-c6nc7cccnc7o6)cc5)ccc3n4-c3ccccc3)cc2)c2ccc(-c3nc4cccnc4o3)cc2)cc1. The topological polar surface area (TPSA) is 86.0 Å². The van der Waals surface area contributed by atoms with E-state index in [1.807, 2.05) is 42.5 Å². The highest BCUT2D eigenvalue weighted by molar-refractivity contribution is 6.11. The maximum Gasteiger partial charge on any atom is 0.247 e. The van der Waals surface area contributed by atoms with Crippen molar-refractivity contribution in [2.45, 2.75) is 0 Å². The van der Waals surface area contributed by atoms with E-state index in [1.54, 1.807) is 12.4 Å². The zero-order valence-corrected chi connectivity index (χ0v) is 33.1. The molecule has 0 aliphatic heterocycles. The third-order valence-electron chi connectivity index (χ3n) is 11.4. The Kier molecular flexibility index (Phi) is 8.31. The highest BCUT2D eigenvalue weighted by atomic mass is 16.4. The molecule has 8 nitrogen and oxygen atoms in total. The summed E-state index contributed by atoms with van der Waals surface area (Å²) in [6.45, 7) is 0. The van der Waals surface area contributed by atoms with E-state index in [9.17, 15) is 0 Å². The van der Waals surface area contributed by atoms with Crippen LogP contribution in [0, 0.1) is 0 Å². The van der Waals surface area contributed by atoms with Crippen LogP contribution < -0.4 is 4.90 Å². The Bertz CT molecular complexity index is 3490. The second-order valence-corrected chi connectivity index (χ2v) is 15.2. The summed E-state index contributed by atoms with van der Waals surface area (Å²) in [5.41, 5.74) is 15.4. The number of rotatable bonds is 8. The van der Waals surface area contributed by atoms with Crippen LogP contribution in [0.15, 0.2) is 215 Å². The summed E-state index contributed by atoms with van der Waals surface area (Å²) in [4.78, 5) is 20.2. The van der Waals surface area contributed by atoms with Crippen molar-refractivity contribution in [3.05, 3.63) is 207 Å². The number of hydrogen-bond donors (Lipinski definition) is 0. The van der Waals surface area contributed by atoms with Crippen molar-refractivity contribution in [1.82, 2.24) is 24.5 Å². The minimum atomic E-state index is 0.529. The molecule has 7 aromatic carbocycles. The van der Waals surface area contributed by atoms with Crippen LogP contribution in [-0.4, -0.2) is 24.5 Å². The van der Waals surface area contributed by atoms with Crippen molar-refractivity contribution in [3.8, 4) is 50.8 Å². The molecule has 0 aliphatic rings. The summed E-state index contributed by atoms with van der Waals surface area (Å²) in [7, 11) is 0. The molecular formula is C54H34N6O2. The number of benzene rings is 7. The van der Waals surface area contributed by atoms with Crippen LogP contribution in [-0.2, 0) is 0 Å². The predicted octanol–water partition coefficient (Wildman–Crippen LogP) is 14.0. The van der Waals surface area contributed by atoms with E-state index < -0.39 is 0 Å². The van der Waals surface area contributed by atoms with Gasteiger partial charge in [0, 0.05) is 57.0 Å². The quantitative estimate of drug-likeness (QED) is 0.151. The highest BCUT2D eigenvalue weighted by Crippen LogP contribution is 2.40.